The van der Waals surface area contributed by atoms with Crippen LogP contribution in [0.1, 0.15) is 50.0 Å². The molecule has 10 heteroatoms. The van der Waals surface area contributed by atoms with Gasteiger partial charge in [0.1, 0.15) is 5.60 Å². The average Bonchev–Trinajstić information content (AvgIpc) is 2.89. The molecule has 0 bridgehead atoms. The number of amides is 1. The second kappa shape index (κ2) is 13.3. The lowest BCUT2D eigenvalue weighted by Crippen LogP contribution is -2.40. The lowest BCUT2D eigenvalue weighted by molar-refractivity contribution is -0.136. The first-order chi connectivity index (χ1) is 18.7. The Morgan fingerprint density at radius 1 is 0.925 bits per heavy atom. The van der Waals surface area contributed by atoms with E-state index in [4.69, 9.17) is 21.4 Å². The van der Waals surface area contributed by atoms with Crippen molar-refractivity contribution >= 4 is 33.5 Å². The number of aliphatic carboxylic acids is 1. The van der Waals surface area contributed by atoms with Crippen LogP contribution in [0.2, 0.25) is 5.02 Å². The highest BCUT2D eigenvalue weighted by molar-refractivity contribution is 7.91. The zero-order chi connectivity index (χ0) is 29.5. The standard InChI is InChI=1S/C30H34ClNO7S/c1-30(2,3)39-29(36)32(20-27(33)23-7-5-8-24(31)19-23)17-16-21-10-13-25(14-11-21)40(37,38)26-9-4-6-22(18-26)12-15-28(34)35/h4-11,13-14,18-19,27,33H,12,15-17,20H2,1-3H3,(H,34,35). The second-order valence-corrected chi connectivity index (χ2v) is 12.8. The Morgan fingerprint density at radius 2 is 1.60 bits per heavy atom. The first kappa shape index (κ1) is 31.1. The molecule has 0 fully saturated rings. The van der Waals surface area contributed by atoms with Gasteiger partial charge in [-0.1, -0.05) is 48.0 Å². The van der Waals surface area contributed by atoms with Crippen molar-refractivity contribution in [3.05, 3.63) is 94.5 Å². The molecule has 1 atom stereocenters. The number of hydrogen-bond acceptors (Lipinski definition) is 6. The molecule has 0 aliphatic heterocycles. The summed E-state index contributed by atoms with van der Waals surface area (Å²) in [5.41, 5.74) is 1.27. The Morgan fingerprint density at radius 3 is 2.23 bits per heavy atom. The summed E-state index contributed by atoms with van der Waals surface area (Å²) >= 11 is 6.05. The molecular formula is C30H34ClNO7S. The molecular weight excluding hydrogens is 554 g/mol. The number of carbonyl (C=O) groups excluding carboxylic acids is 1. The van der Waals surface area contributed by atoms with Crippen LogP contribution in [0.3, 0.4) is 0 Å². The minimum absolute atomic E-state index is 0.0140. The Kier molecular flexibility index (Phi) is 10.4. The van der Waals surface area contributed by atoms with Crippen molar-refractivity contribution in [1.29, 1.82) is 0 Å². The van der Waals surface area contributed by atoms with Gasteiger partial charge in [0.05, 0.1) is 22.4 Å². The number of carboxylic acid groups (broad SMARTS) is 1. The topological polar surface area (TPSA) is 121 Å². The van der Waals surface area contributed by atoms with E-state index in [-0.39, 0.29) is 35.7 Å². The molecule has 3 rings (SSSR count). The summed E-state index contributed by atoms with van der Waals surface area (Å²) in [7, 11) is -3.81. The fourth-order valence-electron chi connectivity index (χ4n) is 3.97. The smallest absolute Gasteiger partial charge is 0.410 e. The van der Waals surface area contributed by atoms with Gasteiger partial charge in [-0.3, -0.25) is 4.79 Å². The molecule has 1 unspecified atom stereocenters. The molecule has 0 aliphatic carbocycles. The van der Waals surface area contributed by atoms with E-state index in [2.05, 4.69) is 0 Å². The third kappa shape index (κ3) is 9.08. The predicted octanol–water partition coefficient (Wildman–Crippen LogP) is 5.70. The van der Waals surface area contributed by atoms with E-state index in [1.165, 1.54) is 29.2 Å². The van der Waals surface area contributed by atoms with Gasteiger partial charge in [-0.15, -0.1) is 0 Å². The number of ether oxygens (including phenoxy) is 1. The molecule has 3 aromatic carbocycles. The maximum atomic E-state index is 13.2. The van der Waals surface area contributed by atoms with Crippen LogP contribution in [-0.2, 0) is 32.2 Å². The summed E-state index contributed by atoms with van der Waals surface area (Å²) in [6, 6.07) is 19.4. The second-order valence-electron chi connectivity index (χ2n) is 10.4. The minimum Gasteiger partial charge on any atom is -0.481 e. The number of carbonyl (C=O) groups is 2. The molecule has 0 aliphatic rings. The van der Waals surface area contributed by atoms with Crippen LogP contribution in [0.15, 0.2) is 82.6 Å². The first-order valence-electron chi connectivity index (χ1n) is 12.8. The summed E-state index contributed by atoms with van der Waals surface area (Å²) in [4.78, 5) is 25.4. The molecule has 3 aromatic rings. The van der Waals surface area contributed by atoms with E-state index in [9.17, 15) is 23.1 Å². The number of rotatable bonds is 11. The Labute approximate surface area is 240 Å². The number of aliphatic hydroxyl groups excluding tert-OH is 1. The molecule has 0 saturated carbocycles. The van der Waals surface area contributed by atoms with Gasteiger partial charge in [-0.2, -0.15) is 0 Å². The number of carboxylic acids is 1. The van der Waals surface area contributed by atoms with Crippen molar-refractivity contribution in [1.82, 2.24) is 4.90 Å². The number of hydrogen-bond donors (Lipinski definition) is 2. The van der Waals surface area contributed by atoms with E-state index in [1.54, 1.807) is 69.3 Å². The van der Waals surface area contributed by atoms with Crippen molar-refractivity contribution in [2.75, 3.05) is 13.1 Å². The van der Waals surface area contributed by atoms with Gasteiger partial charge in [0.2, 0.25) is 9.84 Å². The Balaban J connectivity index is 1.73. The largest absolute Gasteiger partial charge is 0.481 e. The summed E-state index contributed by atoms with van der Waals surface area (Å²) in [5.74, 6) is -0.951. The maximum absolute atomic E-state index is 13.2. The van der Waals surface area contributed by atoms with Crippen molar-refractivity contribution < 1.29 is 33.0 Å². The van der Waals surface area contributed by atoms with Crippen molar-refractivity contribution in [2.45, 2.75) is 61.5 Å². The normalized spacial score (nSPS) is 12.5. The summed E-state index contributed by atoms with van der Waals surface area (Å²) < 4.78 is 31.9. The van der Waals surface area contributed by atoms with Crippen LogP contribution in [-0.4, -0.2) is 54.3 Å². The number of aryl methyl sites for hydroxylation is 1. The van der Waals surface area contributed by atoms with Crippen LogP contribution in [0.5, 0.6) is 0 Å². The molecule has 0 saturated heterocycles. The highest BCUT2D eigenvalue weighted by atomic mass is 35.5. The summed E-state index contributed by atoms with van der Waals surface area (Å²) in [6.45, 7) is 5.50. The third-order valence-electron chi connectivity index (χ3n) is 6.02. The zero-order valence-electron chi connectivity index (χ0n) is 22.7. The molecule has 0 radical (unpaired) electrons. The molecule has 214 valence electrons. The van der Waals surface area contributed by atoms with Crippen LogP contribution in [0.4, 0.5) is 4.79 Å². The van der Waals surface area contributed by atoms with Crippen LogP contribution >= 0.6 is 11.6 Å². The Bertz CT molecular complexity index is 1430. The molecule has 2 N–H and O–H groups in total. The predicted molar refractivity (Wildman–Crippen MR) is 152 cm³/mol. The van der Waals surface area contributed by atoms with E-state index < -0.39 is 33.6 Å². The first-order valence-corrected chi connectivity index (χ1v) is 14.7. The van der Waals surface area contributed by atoms with Gasteiger partial charge < -0.3 is 19.8 Å². The number of aliphatic hydroxyl groups is 1. The fraction of sp³-hybridized carbons (Fsp3) is 0.333. The molecule has 1 amide bonds. The molecule has 8 nitrogen and oxygen atoms in total. The number of nitrogens with zero attached hydrogens (tertiary/aromatic N) is 1. The van der Waals surface area contributed by atoms with Gasteiger partial charge in [0.25, 0.3) is 0 Å². The van der Waals surface area contributed by atoms with Crippen molar-refractivity contribution in [2.24, 2.45) is 0 Å². The highest BCUT2D eigenvalue weighted by Gasteiger charge is 2.25. The highest BCUT2D eigenvalue weighted by Crippen LogP contribution is 2.24. The SMILES string of the molecule is CC(C)(C)OC(=O)N(CCc1ccc(S(=O)(=O)c2cccc(CCC(=O)O)c2)cc1)CC(O)c1cccc(Cl)c1. The number of sulfone groups is 1. The van der Waals surface area contributed by atoms with E-state index in [0.29, 0.717) is 22.6 Å². The van der Waals surface area contributed by atoms with Gasteiger partial charge in [-0.05, 0) is 86.7 Å². The fourth-order valence-corrected chi connectivity index (χ4v) is 5.50. The lowest BCUT2D eigenvalue weighted by Gasteiger charge is -2.29. The molecule has 40 heavy (non-hydrogen) atoms. The van der Waals surface area contributed by atoms with Crippen molar-refractivity contribution in [3.63, 3.8) is 0 Å². The van der Waals surface area contributed by atoms with E-state index in [0.717, 1.165) is 5.56 Å². The van der Waals surface area contributed by atoms with E-state index >= 15 is 0 Å². The third-order valence-corrected chi connectivity index (χ3v) is 8.02. The lowest BCUT2D eigenvalue weighted by atomic mass is 10.1. The van der Waals surface area contributed by atoms with Crippen LogP contribution < -0.4 is 0 Å². The van der Waals surface area contributed by atoms with Gasteiger partial charge in [0, 0.05) is 18.0 Å². The zero-order valence-corrected chi connectivity index (χ0v) is 24.3. The van der Waals surface area contributed by atoms with Crippen LogP contribution in [0.25, 0.3) is 0 Å². The monoisotopic (exact) mass is 587 g/mol. The van der Waals surface area contributed by atoms with Crippen molar-refractivity contribution in [3.8, 4) is 0 Å². The molecule has 0 heterocycles. The van der Waals surface area contributed by atoms with Gasteiger partial charge in [-0.25, -0.2) is 13.2 Å². The number of benzene rings is 3. The summed E-state index contributed by atoms with van der Waals surface area (Å²) in [6.07, 6.45) is -1.01. The minimum atomic E-state index is -3.81. The number of halogens is 1. The molecule has 0 spiro atoms. The van der Waals surface area contributed by atoms with E-state index in [1.807, 2.05) is 0 Å². The Hall–Kier alpha value is -3.40. The van der Waals surface area contributed by atoms with Crippen LogP contribution in [0, 0.1) is 0 Å². The van der Waals surface area contributed by atoms with Gasteiger partial charge in [0.15, 0.2) is 0 Å². The quantitative estimate of drug-likeness (QED) is 0.295. The summed E-state index contributed by atoms with van der Waals surface area (Å²) in [5, 5.41) is 20.2. The maximum Gasteiger partial charge on any atom is 0.410 e. The average molecular weight is 588 g/mol. The molecule has 0 aromatic heterocycles. The van der Waals surface area contributed by atoms with Gasteiger partial charge >= 0.3 is 12.1 Å².